The SMILES string of the molecule is Cc1[nH]ncc1C(=O)Nc1ccc(O)cc1[N+](=O)[O-]. The largest absolute Gasteiger partial charge is 0.508 e. The summed E-state index contributed by atoms with van der Waals surface area (Å²) in [7, 11) is 0. The summed E-state index contributed by atoms with van der Waals surface area (Å²) in [6.45, 7) is 1.66. The molecule has 1 amide bonds. The van der Waals surface area contributed by atoms with Crippen LogP contribution in [0.3, 0.4) is 0 Å². The number of nitro benzene ring substituents is 1. The van der Waals surface area contributed by atoms with Crippen molar-refractivity contribution in [3.05, 3.63) is 45.8 Å². The van der Waals surface area contributed by atoms with Crippen molar-refractivity contribution in [2.75, 3.05) is 5.32 Å². The lowest BCUT2D eigenvalue weighted by atomic mass is 10.2. The average molecular weight is 262 g/mol. The second-order valence-corrected chi connectivity index (χ2v) is 3.82. The van der Waals surface area contributed by atoms with Gasteiger partial charge in [0.2, 0.25) is 0 Å². The maximum atomic E-state index is 11.9. The predicted molar refractivity (Wildman–Crippen MR) is 66.0 cm³/mol. The highest BCUT2D eigenvalue weighted by Gasteiger charge is 2.18. The summed E-state index contributed by atoms with van der Waals surface area (Å²) in [6, 6.07) is 3.49. The van der Waals surface area contributed by atoms with E-state index in [1.807, 2.05) is 0 Å². The van der Waals surface area contributed by atoms with Crippen LogP contribution in [0.1, 0.15) is 16.1 Å². The van der Waals surface area contributed by atoms with Crippen LogP contribution in [0.15, 0.2) is 24.4 Å². The first-order valence-corrected chi connectivity index (χ1v) is 5.28. The van der Waals surface area contributed by atoms with Gasteiger partial charge < -0.3 is 10.4 Å². The van der Waals surface area contributed by atoms with Crippen molar-refractivity contribution in [2.24, 2.45) is 0 Å². The number of benzene rings is 1. The second kappa shape index (κ2) is 4.77. The highest BCUT2D eigenvalue weighted by atomic mass is 16.6. The van der Waals surface area contributed by atoms with Gasteiger partial charge in [-0.2, -0.15) is 5.10 Å². The van der Waals surface area contributed by atoms with Gasteiger partial charge in [0.15, 0.2) is 0 Å². The van der Waals surface area contributed by atoms with Crippen LogP contribution in [0.5, 0.6) is 5.75 Å². The van der Waals surface area contributed by atoms with Gasteiger partial charge in [0.25, 0.3) is 11.6 Å². The molecule has 0 saturated carbocycles. The normalized spacial score (nSPS) is 10.2. The molecule has 0 radical (unpaired) electrons. The molecule has 0 fully saturated rings. The van der Waals surface area contributed by atoms with Gasteiger partial charge in [-0.05, 0) is 19.1 Å². The average Bonchev–Trinajstić information content (AvgIpc) is 2.77. The number of nitro groups is 1. The number of hydrogen-bond acceptors (Lipinski definition) is 5. The van der Waals surface area contributed by atoms with Crippen molar-refractivity contribution in [3.63, 3.8) is 0 Å². The molecule has 0 unspecified atom stereocenters. The summed E-state index contributed by atoms with van der Waals surface area (Å²) in [6.07, 6.45) is 1.33. The Morgan fingerprint density at radius 1 is 1.53 bits per heavy atom. The van der Waals surface area contributed by atoms with E-state index in [4.69, 9.17) is 0 Å². The minimum absolute atomic E-state index is 0.00778. The van der Waals surface area contributed by atoms with Crippen molar-refractivity contribution in [1.82, 2.24) is 10.2 Å². The number of aromatic amines is 1. The summed E-state index contributed by atoms with van der Waals surface area (Å²) in [5.41, 5.74) is 0.476. The van der Waals surface area contributed by atoms with E-state index in [9.17, 15) is 20.0 Å². The first-order valence-electron chi connectivity index (χ1n) is 5.28. The van der Waals surface area contributed by atoms with Crippen molar-refractivity contribution in [2.45, 2.75) is 6.92 Å². The Morgan fingerprint density at radius 2 is 2.26 bits per heavy atom. The third-order valence-corrected chi connectivity index (χ3v) is 2.50. The summed E-state index contributed by atoms with van der Waals surface area (Å²) in [5, 5.41) is 28.8. The van der Waals surface area contributed by atoms with E-state index < -0.39 is 10.8 Å². The monoisotopic (exact) mass is 262 g/mol. The number of carbonyl (C=O) groups excluding carboxylic acids is 1. The third kappa shape index (κ3) is 2.51. The van der Waals surface area contributed by atoms with Gasteiger partial charge in [-0.3, -0.25) is 20.0 Å². The van der Waals surface area contributed by atoms with Crippen molar-refractivity contribution >= 4 is 17.3 Å². The van der Waals surface area contributed by atoms with E-state index in [2.05, 4.69) is 15.5 Å². The Labute approximate surface area is 107 Å². The van der Waals surface area contributed by atoms with Crippen LogP contribution in [0.4, 0.5) is 11.4 Å². The number of nitrogens with zero attached hydrogens (tertiary/aromatic N) is 2. The molecule has 0 aliphatic carbocycles. The van der Waals surface area contributed by atoms with E-state index in [-0.39, 0.29) is 17.1 Å². The lowest BCUT2D eigenvalue weighted by molar-refractivity contribution is -0.384. The molecule has 8 nitrogen and oxygen atoms in total. The maximum Gasteiger partial charge on any atom is 0.296 e. The molecule has 0 atom stereocenters. The quantitative estimate of drug-likeness (QED) is 0.440. The molecule has 3 N–H and O–H groups in total. The van der Waals surface area contributed by atoms with Crippen LogP contribution >= 0.6 is 0 Å². The number of aromatic hydroxyl groups is 1. The van der Waals surface area contributed by atoms with Gasteiger partial charge in [0, 0.05) is 5.69 Å². The Hall–Kier alpha value is -2.90. The van der Waals surface area contributed by atoms with Crippen LogP contribution in [-0.4, -0.2) is 26.1 Å². The number of carbonyl (C=O) groups is 1. The van der Waals surface area contributed by atoms with Gasteiger partial charge in [-0.1, -0.05) is 0 Å². The van der Waals surface area contributed by atoms with Gasteiger partial charge >= 0.3 is 0 Å². The third-order valence-electron chi connectivity index (χ3n) is 2.50. The molecule has 0 spiro atoms. The van der Waals surface area contributed by atoms with Crippen molar-refractivity contribution in [1.29, 1.82) is 0 Å². The zero-order valence-corrected chi connectivity index (χ0v) is 9.88. The molecule has 8 heteroatoms. The van der Waals surface area contributed by atoms with E-state index in [1.54, 1.807) is 6.92 Å². The number of phenolic OH excluding ortho intramolecular Hbond substituents is 1. The lowest BCUT2D eigenvalue weighted by Gasteiger charge is -2.05. The number of H-pyrrole nitrogens is 1. The molecule has 0 saturated heterocycles. The lowest BCUT2D eigenvalue weighted by Crippen LogP contribution is -2.13. The van der Waals surface area contributed by atoms with Crippen LogP contribution in [0, 0.1) is 17.0 Å². The van der Waals surface area contributed by atoms with Gasteiger partial charge in [-0.15, -0.1) is 0 Å². The molecule has 98 valence electrons. The van der Waals surface area contributed by atoms with Crippen molar-refractivity contribution in [3.8, 4) is 5.75 Å². The minimum atomic E-state index is -0.683. The predicted octanol–water partition coefficient (Wildman–Crippen LogP) is 1.58. The van der Waals surface area contributed by atoms with Crippen LogP contribution in [-0.2, 0) is 0 Å². The molecule has 1 aromatic carbocycles. The van der Waals surface area contributed by atoms with Gasteiger partial charge in [0.1, 0.15) is 11.4 Å². The molecular formula is C11H10N4O4. The van der Waals surface area contributed by atoms with E-state index >= 15 is 0 Å². The zero-order chi connectivity index (χ0) is 14.0. The second-order valence-electron chi connectivity index (χ2n) is 3.82. The fraction of sp³-hybridized carbons (Fsp3) is 0.0909. The summed E-state index contributed by atoms with van der Waals surface area (Å²) in [4.78, 5) is 22.1. The van der Waals surface area contributed by atoms with Crippen LogP contribution in [0.2, 0.25) is 0 Å². The number of hydrogen-bond donors (Lipinski definition) is 3. The number of rotatable bonds is 3. The van der Waals surface area contributed by atoms with E-state index in [0.29, 0.717) is 11.3 Å². The minimum Gasteiger partial charge on any atom is -0.508 e. The Kier molecular flexibility index (Phi) is 3.15. The van der Waals surface area contributed by atoms with E-state index in [0.717, 1.165) is 6.07 Å². The number of aryl methyl sites for hydroxylation is 1. The fourth-order valence-corrected chi connectivity index (χ4v) is 1.55. The first kappa shape index (κ1) is 12.6. The standard InChI is InChI=1S/C11H10N4O4/c1-6-8(5-12-14-6)11(17)13-9-3-2-7(16)4-10(9)15(18)19/h2-5,16H,1H3,(H,12,14)(H,13,17). The molecule has 0 aliphatic heterocycles. The number of aromatic nitrogens is 2. The fourth-order valence-electron chi connectivity index (χ4n) is 1.55. The van der Waals surface area contributed by atoms with Crippen molar-refractivity contribution < 1.29 is 14.8 Å². The smallest absolute Gasteiger partial charge is 0.296 e. The molecule has 2 rings (SSSR count). The Bertz CT molecular complexity index is 650. The molecule has 0 bridgehead atoms. The number of anilines is 1. The molecule has 0 aliphatic rings. The first-order chi connectivity index (χ1) is 8.99. The van der Waals surface area contributed by atoms with Gasteiger partial charge in [0.05, 0.1) is 22.7 Å². The number of nitrogens with one attached hydrogen (secondary N) is 2. The summed E-state index contributed by atoms with van der Waals surface area (Å²) >= 11 is 0. The van der Waals surface area contributed by atoms with Crippen LogP contribution in [0.25, 0.3) is 0 Å². The highest BCUT2D eigenvalue weighted by Crippen LogP contribution is 2.28. The molecule has 1 heterocycles. The maximum absolute atomic E-state index is 11.9. The Balaban J connectivity index is 2.32. The number of phenols is 1. The summed E-state index contributed by atoms with van der Waals surface area (Å²) in [5.74, 6) is -0.760. The molecular weight excluding hydrogens is 252 g/mol. The molecule has 19 heavy (non-hydrogen) atoms. The van der Waals surface area contributed by atoms with E-state index in [1.165, 1.54) is 18.3 Å². The Morgan fingerprint density at radius 3 is 2.84 bits per heavy atom. The number of amides is 1. The topological polar surface area (TPSA) is 121 Å². The summed E-state index contributed by atoms with van der Waals surface area (Å²) < 4.78 is 0. The molecule has 1 aromatic heterocycles. The zero-order valence-electron chi connectivity index (χ0n) is 9.88. The highest BCUT2D eigenvalue weighted by molar-refractivity contribution is 6.06. The molecule has 2 aromatic rings. The van der Waals surface area contributed by atoms with Gasteiger partial charge in [-0.25, -0.2) is 0 Å². The van der Waals surface area contributed by atoms with Crippen LogP contribution < -0.4 is 5.32 Å².